The van der Waals surface area contributed by atoms with Gasteiger partial charge in [0, 0.05) is 11.1 Å². The van der Waals surface area contributed by atoms with Crippen LogP contribution in [-0.4, -0.2) is 7.11 Å². The molecule has 164 valence electrons. The number of nitrogens with zero attached hydrogens (tertiary/aromatic N) is 2. The number of hydrogen-bond donors (Lipinski definition) is 0. The second kappa shape index (κ2) is 10.7. The second-order valence-electron chi connectivity index (χ2n) is 7.59. The standard InChI is InChI=1S/C30H22N2O2/c1-33-28-15-13-24-17-26(12-11-25(24)18-28)29(27(19-31)20-32)16-14-23-9-5-6-10-30(23)34-21-22-7-3-2-4-8-22/h2-18H,21H2,1H3/b16-14+. The summed E-state index contributed by atoms with van der Waals surface area (Å²) in [5, 5.41) is 21.2. The molecule has 4 rings (SSSR count). The molecule has 0 bridgehead atoms. The lowest BCUT2D eigenvalue weighted by molar-refractivity contribution is 0.305. The van der Waals surface area contributed by atoms with Gasteiger partial charge in [-0.1, -0.05) is 78.9 Å². The van der Waals surface area contributed by atoms with Crippen LogP contribution in [0.5, 0.6) is 11.5 Å². The number of ether oxygens (including phenoxy) is 2. The maximum atomic E-state index is 9.60. The van der Waals surface area contributed by atoms with E-state index in [0.717, 1.165) is 39.0 Å². The Kier molecular flexibility index (Phi) is 7.03. The first-order valence-corrected chi connectivity index (χ1v) is 10.8. The predicted molar refractivity (Wildman–Crippen MR) is 135 cm³/mol. The highest BCUT2D eigenvalue weighted by molar-refractivity contribution is 5.92. The van der Waals surface area contributed by atoms with Crippen molar-refractivity contribution in [2.45, 2.75) is 6.61 Å². The van der Waals surface area contributed by atoms with Crippen molar-refractivity contribution in [3.63, 3.8) is 0 Å². The van der Waals surface area contributed by atoms with Crippen LogP contribution in [0.1, 0.15) is 16.7 Å². The molecular formula is C30H22N2O2. The summed E-state index contributed by atoms with van der Waals surface area (Å²) in [6, 6.07) is 33.4. The molecule has 0 aliphatic carbocycles. The lowest BCUT2D eigenvalue weighted by atomic mass is 9.96. The molecule has 0 aliphatic heterocycles. The van der Waals surface area contributed by atoms with Gasteiger partial charge in [0.25, 0.3) is 0 Å². The third kappa shape index (κ3) is 5.15. The van der Waals surface area contributed by atoms with Crippen molar-refractivity contribution in [3.05, 3.63) is 119 Å². The molecule has 0 saturated heterocycles. The number of para-hydroxylation sites is 1. The molecule has 0 fully saturated rings. The van der Waals surface area contributed by atoms with E-state index in [1.54, 1.807) is 13.2 Å². The van der Waals surface area contributed by atoms with Gasteiger partial charge in [0.2, 0.25) is 0 Å². The zero-order chi connectivity index (χ0) is 23.8. The number of methoxy groups -OCH3 is 1. The molecule has 0 spiro atoms. The molecule has 0 aliphatic rings. The fourth-order valence-electron chi connectivity index (χ4n) is 3.65. The first kappa shape index (κ1) is 22.4. The van der Waals surface area contributed by atoms with Crippen molar-refractivity contribution < 1.29 is 9.47 Å². The average molecular weight is 443 g/mol. The van der Waals surface area contributed by atoms with Crippen molar-refractivity contribution in [3.8, 4) is 23.6 Å². The van der Waals surface area contributed by atoms with E-state index >= 15 is 0 Å². The maximum Gasteiger partial charge on any atom is 0.137 e. The summed E-state index contributed by atoms with van der Waals surface area (Å²) in [4.78, 5) is 0. The zero-order valence-corrected chi connectivity index (χ0v) is 18.7. The van der Waals surface area contributed by atoms with Crippen LogP contribution in [0.3, 0.4) is 0 Å². The van der Waals surface area contributed by atoms with Crippen molar-refractivity contribution in [1.82, 2.24) is 0 Å². The Morgan fingerprint density at radius 3 is 2.29 bits per heavy atom. The van der Waals surface area contributed by atoms with E-state index < -0.39 is 0 Å². The molecule has 0 saturated carbocycles. The van der Waals surface area contributed by atoms with E-state index in [9.17, 15) is 10.5 Å². The molecule has 34 heavy (non-hydrogen) atoms. The number of nitriles is 2. The van der Waals surface area contributed by atoms with Crippen LogP contribution in [0.2, 0.25) is 0 Å². The summed E-state index contributed by atoms with van der Waals surface area (Å²) in [5.74, 6) is 1.50. The third-order valence-corrected chi connectivity index (χ3v) is 5.44. The highest BCUT2D eigenvalue weighted by atomic mass is 16.5. The quantitative estimate of drug-likeness (QED) is 0.230. The van der Waals surface area contributed by atoms with Crippen LogP contribution in [0.25, 0.3) is 22.4 Å². The van der Waals surface area contributed by atoms with Crippen molar-refractivity contribution in [1.29, 1.82) is 10.5 Å². The van der Waals surface area contributed by atoms with Gasteiger partial charge < -0.3 is 9.47 Å². The van der Waals surface area contributed by atoms with E-state index in [-0.39, 0.29) is 5.57 Å². The number of rotatable bonds is 7. The molecule has 4 nitrogen and oxygen atoms in total. The summed E-state index contributed by atoms with van der Waals surface area (Å²) in [6.45, 7) is 0.449. The fourth-order valence-corrected chi connectivity index (χ4v) is 3.65. The molecular weight excluding hydrogens is 420 g/mol. The van der Waals surface area contributed by atoms with E-state index in [1.807, 2.05) is 109 Å². The molecule has 0 unspecified atom stereocenters. The molecule has 0 N–H and O–H groups in total. The fraction of sp³-hybridized carbons (Fsp3) is 0.0667. The normalized spacial score (nSPS) is 10.4. The van der Waals surface area contributed by atoms with Gasteiger partial charge in [-0.2, -0.15) is 10.5 Å². The van der Waals surface area contributed by atoms with E-state index in [2.05, 4.69) is 0 Å². The largest absolute Gasteiger partial charge is 0.497 e. The van der Waals surface area contributed by atoms with Crippen molar-refractivity contribution in [2.75, 3.05) is 7.11 Å². The Bertz CT molecular complexity index is 1440. The summed E-state index contributed by atoms with van der Waals surface area (Å²) in [7, 11) is 1.63. The van der Waals surface area contributed by atoms with Gasteiger partial charge >= 0.3 is 0 Å². The second-order valence-corrected chi connectivity index (χ2v) is 7.59. The third-order valence-electron chi connectivity index (χ3n) is 5.44. The molecule has 4 aromatic rings. The van der Waals surface area contributed by atoms with Crippen LogP contribution in [0.15, 0.2) is 103 Å². The highest BCUT2D eigenvalue weighted by Gasteiger charge is 2.09. The summed E-state index contributed by atoms with van der Waals surface area (Å²) in [6.07, 6.45) is 3.68. The molecule has 0 radical (unpaired) electrons. The highest BCUT2D eigenvalue weighted by Crippen LogP contribution is 2.29. The molecule has 4 heteroatoms. The lowest BCUT2D eigenvalue weighted by Crippen LogP contribution is -1.96. The van der Waals surface area contributed by atoms with Crippen molar-refractivity contribution in [2.24, 2.45) is 0 Å². The molecule has 4 aromatic carbocycles. The predicted octanol–water partition coefficient (Wildman–Crippen LogP) is 6.94. The zero-order valence-electron chi connectivity index (χ0n) is 18.7. The number of fused-ring (bicyclic) bond motifs is 1. The van der Waals surface area contributed by atoms with Gasteiger partial charge in [0.1, 0.15) is 35.8 Å². The summed E-state index contributed by atoms with van der Waals surface area (Å²) in [5.41, 5.74) is 3.32. The van der Waals surface area contributed by atoms with Gasteiger partial charge in [0.15, 0.2) is 0 Å². The Balaban J connectivity index is 1.68. The van der Waals surface area contributed by atoms with Gasteiger partial charge in [-0.3, -0.25) is 0 Å². The van der Waals surface area contributed by atoms with Gasteiger partial charge in [0.05, 0.1) is 7.11 Å². The van der Waals surface area contributed by atoms with Crippen molar-refractivity contribution >= 4 is 22.4 Å². The minimum atomic E-state index is 0.0480. The monoisotopic (exact) mass is 442 g/mol. The van der Waals surface area contributed by atoms with Gasteiger partial charge in [-0.25, -0.2) is 0 Å². The maximum absolute atomic E-state index is 9.60. The van der Waals surface area contributed by atoms with Crippen LogP contribution in [-0.2, 0) is 6.61 Å². The topological polar surface area (TPSA) is 66.0 Å². The Hall–Kier alpha value is -4.80. The number of allylic oxidation sites excluding steroid dienone is 3. The van der Waals surface area contributed by atoms with Gasteiger partial charge in [-0.05, 0) is 46.2 Å². The lowest BCUT2D eigenvalue weighted by Gasteiger charge is -2.10. The Morgan fingerprint density at radius 2 is 1.53 bits per heavy atom. The Morgan fingerprint density at radius 1 is 0.824 bits per heavy atom. The minimum absolute atomic E-state index is 0.0480. The molecule has 0 aromatic heterocycles. The SMILES string of the molecule is COc1ccc2cc(C(/C=C/c3ccccc3OCc3ccccc3)=C(C#N)C#N)ccc2c1. The smallest absolute Gasteiger partial charge is 0.137 e. The summed E-state index contributed by atoms with van der Waals surface area (Å²) >= 11 is 0. The molecule has 0 atom stereocenters. The van der Waals surface area contributed by atoms with Gasteiger partial charge in [-0.15, -0.1) is 0 Å². The number of hydrogen-bond acceptors (Lipinski definition) is 4. The minimum Gasteiger partial charge on any atom is -0.497 e. The first-order chi connectivity index (χ1) is 16.7. The first-order valence-electron chi connectivity index (χ1n) is 10.8. The molecule has 0 heterocycles. The summed E-state index contributed by atoms with van der Waals surface area (Å²) < 4.78 is 11.3. The molecule has 0 amide bonds. The van der Waals surface area contributed by atoms with E-state index in [0.29, 0.717) is 12.2 Å². The number of benzene rings is 4. The Labute approximate surface area is 199 Å². The van der Waals surface area contributed by atoms with Crippen LogP contribution >= 0.6 is 0 Å². The van der Waals surface area contributed by atoms with Crippen LogP contribution in [0, 0.1) is 22.7 Å². The van der Waals surface area contributed by atoms with E-state index in [4.69, 9.17) is 9.47 Å². The van der Waals surface area contributed by atoms with Crippen LogP contribution < -0.4 is 9.47 Å². The van der Waals surface area contributed by atoms with E-state index in [1.165, 1.54) is 0 Å². The average Bonchev–Trinajstić information content (AvgIpc) is 2.90. The van der Waals surface area contributed by atoms with Crippen LogP contribution in [0.4, 0.5) is 0 Å².